The molecule has 0 saturated heterocycles. The van der Waals surface area contributed by atoms with Crippen molar-refractivity contribution < 1.29 is 5.11 Å². The maximum atomic E-state index is 9.59. The third-order valence-corrected chi connectivity index (χ3v) is 2.08. The second kappa shape index (κ2) is 4.29. The van der Waals surface area contributed by atoms with E-state index < -0.39 is 11.5 Å². The average molecular weight is 183 g/mol. The van der Waals surface area contributed by atoms with Crippen molar-refractivity contribution in [3.63, 3.8) is 0 Å². The lowest BCUT2D eigenvalue weighted by atomic mass is 10.1. The number of rotatable bonds is 3. The minimum Gasteiger partial charge on any atom is -0.387 e. The zero-order chi connectivity index (χ0) is 8.97. The van der Waals surface area contributed by atoms with Crippen molar-refractivity contribution >= 4 is 11.6 Å². The van der Waals surface area contributed by atoms with E-state index in [2.05, 4.69) is 6.58 Å². The molecule has 64 valence electrons. The molecule has 2 atom stereocenters. The molecular formula is C10H11ClO. The van der Waals surface area contributed by atoms with Gasteiger partial charge in [-0.2, -0.15) is 0 Å². The van der Waals surface area contributed by atoms with Gasteiger partial charge in [-0.25, -0.2) is 0 Å². The van der Waals surface area contributed by atoms with Crippen LogP contribution in [0.4, 0.5) is 0 Å². The highest BCUT2D eigenvalue weighted by Gasteiger charge is 2.13. The molecule has 0 unspecified atom stereocenters. The summed E-state index contributed by atoms with van der Waals surface area (Å²) in [4.78, 5) is 0. The predicted octanol–water partition coefficient (Wildman–Crippen LogP) is 2.51. The maximum absolute atomic E-state index is 9.59. The van der Waals surface area contributed by atoms with Gasteiger partial charge in [0.2, 0.25) is 0 Å². The van der Waals surface area contributed by atoms with Crippen molar-refractivity contribution in [3.05, 3.63) is 48.6 Å². The largest absolute Gasteiger partial charge is 0.387 e. The van der Waals surface area contributed by atoms with Crippen LogP contribution < -0.4 is 0 Å². The Morgan fingerprint density at radius 3 is 2.42 bits per heavy atom. The smallest absolute Gasteiger partial charge is 0.0988 e. The summed E-state index contributed by atoms with van der Waals surface area (Å²) in [6, 6.07) is 9.30. The summed E-state index contributed by atoms with van der Waals surface area (Å²) in [6.07, 6.45) is 0.865. The first-order valence-electron chi connectivity index (χ1n) is 3.75. The Bertz CT molecular complexity index is 245. The van der Waals surface area contributed by atoms with Crippen molar-refractivity contribution in [1.82, 2.24) is 0 Å². The highest BCUT2D eigenvalue weighted by atomic mass is 35.5. The first-order chi connectivity index (χ1) is 5.75. The average Bonchev–Trinajstić information content (AvgIpc) is 2.17. The van der Waals surface area contributed by atoms with E-state index in [1.54, 1.807) is 0 Å². The Labute approximate surface area is 77.3 Å². The number of aliphatic hydroxyl groups excluding tert-OH is 1. The number of hydrogen-bond acceptors (Lipinski definition) is 1. The Morgan fingerprint density at radius 2 is 1.92 bits per heavy atom. The summed E-state index contributed by atoms with van der Waals surface area (Å²) in [5, 5.41) is 9.16. The van der Waals surface area contributed by atoms with Crippen molar-refractivity contribution in [2.75, 3.05) is 0 Å². The molecule has 0 aliphatic heterocycles. The van der Waals surface area contributed by atoms with Crippen LogP contribution in [0.2, 0.25) is 0 Å². The van der Waals surface area contributed by atoms with E-state index >= 15 is 0 Å². The molecule has 0 fully saturated rings. The number of aliphatic hydroxyl groups is 1. The van der Waals surface area contributed by atoms with E-state index in [4.69, 9.17) is 11.6 Å². The van der Waals surface area contributed by atoms with E-state index in [1.165, 1.54) is 6.08 Å². The second-order valence-corrected chi connectivity index (χ2v) is 3.04. The molecule has 0 amide bonds. The van der Waals surface area contributed by atoms with Gasteiger partial charge >= 0.3 is 0 Å². The normalized spacial score (nSPS) is 15.2. The molecule has 0 radical (unpaired) electrons. The quantitative estimate of drug-likeness (QED) is 0.563. The van der Waals surface area contributed by atoms with Crippen LogP contribution >= 0.6 is 11.6 Å². The van der Waals surface area contributed by atoms with Gasteiger partial charge < -0.3 is 5.11 Å². The van der Waals surface area contributed by atoms with Gasteiger partial charge in [0.15, 0.2) is 0 Å². The molecule has 0 aliphatic carbocycles. The molecule has 0 aromatic heterocycles. The maximum Gasteiger partial charge on any atom is 0.0988 e. The van der Waals surface area contributed by atoms with E-state index in [-0.39, 0.29) is 0 Å². The van der Waals surface area contributed by atoms with Crippen LogP contribution in [0.25, 0.3) is 0 Å². The zero-order valence-electron chi connectivity index (χ0n) is 6.65. The van der Waals surface area contributed by atoms with Gasteiger partial charge in [-0.3, -0.25) is 0 Å². The molecule has 1 N–H and O–H groups in total. The Kier molecular flexibility index (Phi) is 3.32. The van der Waals surface area contributed by atoms with E-state index in [0.29, 0.717) is 0 Å². The third kappa shape index (κ3) is 2.10. The zero-order valence-corrected chi connectivity index (χ0v) is 7.41. The molecule has 1 aromatic carbocycles. The van der Waals surface area contributed by atoms with Crippen LogP contribution in [-0.4, -0.2) is 10.5 Å². The van der Waals surface area contributed by atoms with Gasteiger partial charge in [0.05, 0.1) is 11.5 Å². The molecule has 0 heterocycles. The minimum absolute atomic E-state index is 0.424. The predicted molar refractivity (Wildman–Crippen MR) is 51.2 cm³/mol. The van der Waals surface area contributed by atoms with Crippen LogP contribution in [0.15, 0.2) is 43.0 Å². The molecule has 0 spiro atoms. The fourth-order valence-electron chi connectivity index (χ4n) is 0.963. The molecule has 0 saturated carbocycles. The molecule has 0 aliphatic rings. The standard InChI is InChI=1S/C10H11ClO/c1-2-9(11)10(12)8-6-4-3-5-7-8/h2-7,9-10,12H,1H2/t9-,10-/m1/s1. The summed E-state index contributed by atoms with van der Waals surface area (Å²) in [5.74, 6) is 0. The summed E-state index contributed by atoms with van der Waals surface area (Å²) in [5.41, 5.74) is 0.817. The van der Waals surface area contributed by atoms with Gasteiger partial charge in [0.1, 0.15) is 0 Å². The van der Waals surface area contributed by atoms with Crippen molar-refractivity contribution in [2.45, 2.75) is 11.5 Å². The molecule has 2 heteroatoms. The minimum atomic E-state index is -0.662. The number of alkyl halides is 1. The van der Waals surface area contributed by atoms with Gasteiger partial charge in [-0.15, -0.1) is 18.2 Å². The highest BCUT2D eigenvalue weighted by molar-refractivity contribution is 6.22. The first-order valence-corrected chi connectivity index (χ1v) is 4.19. The Morgan fingerprint density at radius 1 is 1.33 bits per heavy atom. The van der Waals surface area contributed by atoms with E-state index in [9.17, 15) is 5.11 Å². The fraction of sp³-hybridized carbons (Fsp3) is 0.200. The summed E-state index contributed by atoms with van der Waals surface area (Å²) in [7, 11) is 0. The molecular weight excluding hydrogens is 172 g/mol. The number of hydrogen-bond donors (Lipinski definition) is 1. The lowest BCUT2D eigenvalue weighted by Gasteiger charge is -2.12. The van der Waals surface area contributed by atoms with Gasteiger partial charge in [0.25, 0.3) is 0 Å². The first kappa shape index (κ1) is 9.30. The highest BCUT2D eigenvalue weighted by Crippen LogP contribution is 2.20. The lowest BCUT2D eigenvalue weighted by molar-refractivity contribution is 0.185. The molecule has 1 rings (SSSR count). The Balaban J connectivity index is 2.78. The summed E-state index contributed by atoms with van der Waals surface area (Å²) < 4.78 is 0. The SMILES string of the molecule is C=C[C@@H](Cl)[C@H](O)c1ccccc1. The summed E-state index contributed by atoms with van der Waals surface area (Å²) in [6.45, 7) is 3.52. The topological polar surface area (TPSA) is 20.2 Å². The van der Waals surface area contributed by atoms with Gasteiger partial charge in [-0.05, 0) is 5.56 Å². The summed E-state index contributed by atoms with van der Waals surface area (Å²) >= 11 is 5.78. The number of halogens is 1. The lowest BCUT2D eigenvalue weighted by Crippen LogP contribution is -2.08. The van der Waals surface area contributed by atoms with Crippen LogP contribution in [0.1, 0.15) is 11.7 Å². The number of benzene rings is 1. The molecule has 1 aromatic rings. The molecule has 12 heavy (non-hydrogen) atoms. The van der Waals surface area contributed by atoms with Crippen LogP contribution in [0.3, 0.4) is 0 Å². The van der Waals surface area contributed by atoms with E-state index in [1.807, 2.05) is 30.3 Å². The van der Waals surface area contributed by atoms with Crippen LogP contribution in [0, 0.1) is 0 Å². The van der Waals surface area contributed by atoms with Crippen molar-refractivity contribution in [1.29, 1.82) is 0 Å². The second-order valence-electron chi connectivity index (χ2n) is 2.54. The van der Waals surface area contributed by atoms with E-state index in [0.717, 1.165) is 5.56 Å². The van der Waals surface area contributed by atoms with Crippen LogP contribution in [0.5, 0.6) is 0 Å². The van der Waals surface area contributed by atoms with Crippen molar-refractivity contribution in [2.24, 2.45) is 0 Å². The molecule has 1 nitrogen and oxygen atoms in total. The van der Waals surface area contributed by atoms with Crippen LogP contribution in [-0.2, 0) is 0 Å². The Hall–Kier alpha value is -0.790. The van der Waals surface area contributed by atoms with Gasteiger partial charge in [0, 0.05) is 0 Å². The van der Waals surface area contributed by atoms with Crippen molar-refractivity contribution in [3.8, 4) is 0 Å². The third-order valence-electron chi connectivity index (χ3n) is 1.67. The molecule has 0 bridgehead atoms. The van der Waals surface area contributed by atoms with Gasteiger partial charge in [-0.1, -0.05) is 36.4 Å². The fourth-order valence-corrected chi connectivity index (χ4v) is 1.11. The monoisotopic (exact) mass is 182 g/mol.